The van der Waals surface area contributed by atoms with Crippen LogP contribution in [0.1, 0.15) is 30.6 Å². The Morgan fingerprint density at radius 3 is 2.71 bits per heavy atom. The number of hydrogen-bond acceptors (Lipinski definition) is 4. The standard InChI is InChI=1S/C14H19N3O3S/c1-11(2)10-16-14(18)12-5-3-6-13(9-12)21(19,20)17-8-4-7-15/h3,5-6,9,11,17H,4,8,10H2,1-2H3,(H,16,18). The van der Waals surface area contributed by atoms with E-state index >= 15 is 0 Å². The molecule has 0 atom stereocenters. The van der Waals surface area contributed by atoms with Crippen molar-refractivity contribution in [3.8, 4) is 6.07 Å². The molecule has 7 heteroatoms. The zero-order valence-corrected chi connectivity index (χ0v) is 12.9. The third-order valence-electron chi connectivity index (χ3n) is 2.61. The van der Waals surface area contributed by atoms with Crippen molar-refractivity contribution in [2.75, 3.05) is 13.1 Å². The Balaban J connectivity index is 2.85. The summed E-state index contributed by atoms with van der Waals surface area (Å²) in [7, 11) is -3.70. The van der Waals surface area contributed by atoms with E-state index in [9.17, 15) is 13.2 Å². The number of benzene rings is 1. The number of rotatable bonds is 7. The quantitative estimate of drug-likeness (QED) is 0.741. The Kier molecular flexibility index (Phi) is 6.34. The first-order chi connectivity index (χ1) is 9.86. The van der Waals surface area contributed by atoms with Gasteiger partial charge in [0.15, 0.2) is 0 Å². The largest absolute Gasteiger partial charge is 0.352 e. The highest BCUT2D eigenvalue weighted by Gasteiger charge is 2.15. The maximum Gasteiger partial charge on any atom is 0.251 e. The van der Waals surface area contributed by atoms with Crippen LogP contribution in [0.2, 0.25) is 0 Å². The van der Waals surface area contributed by atoms with Crippen molar-refractivity contribution in [3.05, 3.63) is 29.8 Å². The number of nitriles is 1. The molecule has 0 aliphatic rings. The first-order valence-electron chi connectivity index (χ1n) is 6.61. The Hall–Kier alpha value is -1.91. The highest BCUT2D eigenvalue weighted by Crippen LogP contribution is 2.11. The molecule has 0 spiro atoms. The van der Waals surface area contributed by atoms with Crippen LogP contribution in [0.15, 0.2) is 29.2 Å². The normalized spacial score (nSPS) is 11.1. The Morgan fingerprint density at radius 2 is 2.10 bits per heavy atom. The summed E-state index contributed by atoms with van der Waals surface area (Å²) in [5.74, 6) is 0.00582. The van der Waals surface area contributed by atoms with Gasteiger partial charge in [0.25, 0.3) is 5.91 Å². The second-order valence-electron chi connectivity index (χ2n) is 4.94. The fraction of sp³-hybridized carbons (Fsp3) is 0.429. The van der Waals surface area contributed by atoms with E-state index in [-0.39, 0.29) is 23.8 Å². The predicted octanol–water partition coefficient (Wildman–Crippen LogP) is 1.26. The van der Waals surface area contributed by atoms with E-state index in [2.05, 4.69) is 10.0 Å². The second-order valence-corrected chi connectivity index (χ2v) is 6.70. The molecule has 0 unspecified atom stereocenters. The van der Waals surface area contributed by atoms with Gasteiger partial charge in [-0.25, -0.2) is 13.1 Å². The molecule has 1 aromatic carbocycles. The summed E-state index contributed by atoms with van der Waals surface area (Å²) in [6.45, 7) is 4.51. The molecule has 0 saturated carbocycles. The smallest absolute Gasteiger partial charge is 0.251 e. The van der Waals surface area contributed by atoms with Gasteiger partial charge in [-0.1, -0.05) is 19.9 Å². The number of carbonyl (C=O) groups is 1. The van der Waals surface area contributed by atoms with E-state index in [4.69, 9.17) is 5.26 Å². The van der Waals surface area contributed by atoms with Crippen LogP contribution in [0.4, 0.5) is 0 Å². The highest BCUT2D eigenvalue weighted by atomic mass is 32.2. The summed E-state index contributed by atoms with van der Waals surface area (Å²) < 4.78 is 26.3. The molecule has 1 rings (SSSR count). The lowest BCUT2D eigenvalue weighted by Crippen LogP contribution is -2.28. The Morgan fingerprint density at radius 1 is 1.38 bits per heavy atom. The van der Waals surface area contributed by atoms with Crippen LogP contribution in [-0.2, 0) is 10.0 Å². The number of nitrogens with zero attached hydrogens (tertiary/aromatic N) is 1. The Labute approximate surface area is 125 Å². The van der Waals surface area contributed by atoms with Gasteiger partial charge < -0.3 is 5.32 Å². The number of nitrogens with one attached hydrogen (secondary N) is 2. The average molecular weight is 309 g/mol. The molecule has 0 saturated heterocycles. The number of sulfonamides is 1. The van der Waals surface area contributed by atoms with Gasteiger partial charge in [0.05, 0.1) is 11.0 Å². The lowest BCUT2D eigenvalue weighted by atomic mass is 10.2. The molecule has 6 nitrogen and oxygen atoms in total. The lowest BCUT2D eigenvalue weighted by Gasteiger charge is -2.09. The van der Waals surface area contributed by atoms with Crippen LogP contribution in [-0.4, -0.2) is 27.4 Å². The molecule has 1 amide bonds. The molecule has 0 aromatic heterocycles. The van der Waals surface area contributed by atoms with Crippen LogP contribution < -0.4 is 10.0 Å². The van der Waals surface area contributed by atoms with Gasteiger partial charge in [0, 0.05) is 25.1 Å². The summed E-state index contributed by atoms with van der Waals surface area (Å²) in [4.78, 5) is 11.9. The third kappa shape index (κ3) is 5.53. The highest BCUT2D eigenvalue weighted by molar-refractivity contribution is 7.89. The SMILES string of the molecule is CC(C)CNC(=O)c1cccc(S(=O)(=O)NCCC#N)c1. The average Bonchev–Trinajstić information content (AvgIpc) is 2.45. The molecule has 0 aliphatic heterocycles. The van der Waals surface area contributed by atoms with E-state index in [0.29, 0.717) is 18.0 Å². The molecular formula is C14H19N3O3S. The van der Waals surface area contributed by atoms with Crippen molar-refractivity contribution >= 4 is 15.9 Å². The zero-order chi connectivity index (χ0) is 15.9. The molecule has 2 N–H and O–H groups in total. The summed E-state index contributed by atoms with van der Waals surface area (Å²) in [5.41, 5.74) is 0.291. The van der Waals surface area contributed by atoms with Crippen LogP contribution in [0.25, 0.3) is 0 Å². The fourth-order valence-electron chi connectivity index (χ4n) is 1.53. The van der Waals surface area contributed by atoms with Crippen LogP contribution in [0.3, 0.4) is 0 Å². The molecule has 0 heterocycles. The monoisotopic (exact) mass is 309 g/mol. The van der Waals surface area contributed by atoms with Crippen LogP contribution in [0.5, 0.6) is 0 Å². The molecule has 0 bridgehead atoms. The van der Waals surface area contributed by atoms with Gasteiger partial charge >= 0.3 is 0 Å². The van der Waals surface area contributed by atoms with E-state index < -0.39 is 10.0 Å². The van der Waals surface area contributed by atoms with Crippen molar-refractivity contribution in [3.63, 3.8) is 0 Å². The van der Waals surface area contributed by atoms with Crippen LogP contribution in [0, 0.1) is 17.2 Å². The number of hydrogen-bond donors (Lipinski definition) is 2. The maximum absolute atomic E-state index is 12.0. The van der Waals surface area contributed by atoms with E-state index in [1.807, 2.05) is 19.9 Å². The van der Waals surface area contributed by atoms with Gasteiger partial charge in [0.2, 0.25) is 10.0 Å². The van der Waals surface area contributed by atoms with Crippen molar-refractivity contribution < 1.29 is 13.2 Å². The molecule has 21 heavy (non-hydrogen) atoms. The molecule has 0 fully saturated rings. The lowest BCUT2D eigenvalue weighted by molar-refractivity contribution is 0.0949. The Bertz CT molecular complexity index is 633. The van der Waals surface area contributed by atoms with Crippen molar-refractivity contribution in [2.24, 2.45) is 5.92 Å². The van der Waals surface area contributed by atoms with E-state index in [1.54, 1.807) is 6.07 Å². The predicted molar refractivity (Wildman–Crippen MR) is 79.0 cm³/mol. The van der Waals surface area contributed by atoms with Crippen molar-refractivity contribution in [1.82, 2.24) is 10.0 Å². The van der Waals surface area contributed by atoms with E-state index in [1.165, 1.54) is 18.2 Å². The topological polar surface area (TPSA) is 99.1 Å². The van der Waals surface area contributed by atoms with Crippen LogP contribution >= 0.6 is 0 Å². The minimum Gasteiger partial charge on any atom is -0.352 e. The summed E-state index contributed by atoms with van der Waals surface area (Å²) in [6.07, 6.45) is 0.0911. The molecule has 0 aliphatic carbocycles. The van der Waals surface area contributed by atoms with Gasteiger partial charge in [-0.2, -0.15) is 5.26 Å². The fourth-order valence-corrected chi connectivity index (χ4v) is 2.61. The number of amides is 1. The minimum absolute atomic E-state index is 0.0117. The second kappa shape index (κ2) is 7.76. The van der Waals surface area contributed by atoms with Gasteiger partial charge in [-0.05, 0) is 24.1 Å². The molecular weight excluding hydrogens is 290 g/mol. The third-order valence-corrected chi connectivity index (χ3v) is 4.06. The summed E-state index contributed by atoms with van der Waals surface area (Å²) in [5, 5.41) is 11.1. The maximum atomic E-state index is 12.0. The summed E-state index contributed by atoms with van der Waals surface area (Å²) in [6, 6.07) is 7.67. The minimum atomic E-state index is -3.70. The summed E-state index contributed by atoms with van der Waals surface area (Å²) >= 11 is 0. The first kappa shape index (κ1) is 17.1. The molecule has 1 aromatic rings. The molecule has 0 radical (unpaired) electrons. The van der Waals surface area contributed by atoms with Gasteiger partial charge in [-0.15, -0.1) is 0 Å². The zero-order valence-electron chi connectivity index (χ0n) is 12.1. The van der Waals surface area contributed by atoms with Crippen molar-refractivity contribution in [2.45, 2.75) is 25.2 Å². The van der Waals surface area contributed by atoms with Gasteiger partial charge in [0.1, 0.15) is 0 Å². The first-order valence-corrected chi connectivity index (χ1v) is 8.10. The van der Waals surface area contributed by atoms with Gasteiger partial charge in [-0.3, -0.25) is 4.79 Å². The van der Waals surface area contributed by atoms with Crippen molar-refractivity contribution in [1.29, 1.82) is 5.26 Å². The number of carbonyl (C=O) groups excluding carboxylic acids is 1. The van der Waals surface area contributed by atoms with E-state index in [0.717, 1.165) is 0 Å². The molecule has 114 valence electrons.